The maximum Gasteiger partial charge on any atom is 0.194 e. The zero-order chi connectivity index (χ0) is 14.5. The van der Waals surface area contributed by atoms with Crippen molar-refractivity contribution in [3.05, 3.63) is 18.2 Å². The van der Waals surface area contributed by atoms with Crippen LogP contribution >= 0.6 is 0 Å². The summed E-state index contributed by atoms with van der Waals surface area (Å²) in [6, 6.07) is -1.26. The zero-order valence-electron chi connectivity index (χ0n) is 10.8. The van der Waals surface area contributed by atoms with Crippen LogP contribution in [-0.2, 0) is 0 Å². The van der Waals surface area contributed by atoms with E-state index in [1.807, 2.05) is 0 Å². The number of aliphatic hydroxyl groups is 3. The highest BCUT2D eigenvalue weighted by molar-refractivity contribution is 5.85. The first-order chi connectivity index (χ1) is 9.46. The SMILES string of the molecule is CC1(O)C(c2coc3c(N)ncnc23)NC(CO)C1O. The van der Waals surface area contributed by atoms with Crippen molar-refractivity contribution in [2.45, 2.75) is 30.7 Å². The Balaban J connectivity index is 2.10. The third-order valence-corrected chi connectivity index (χ3v) is 3.86. The second-order valence-electron chi connectivity index (χ2n) is 5.19. The van der Waals surface area contributed by atoms with Crippen molar-refractivity contribution in [3.8, 4) is 0 Å². The van der Waals surface area contributed by atoms with E-state index >= 15 is 0 Å². The average molecular weight is 280 g/mol. The third-order valence-electron chi connectivity index (χ3n) is 3.86. The van der Waals surface area contributed by atoms with Crippen molar-refractivity contribution in [1.29, 1.82) is 0 Å². The Bertz CT molecular complexity index is 641. The van der Waals surface area contributed by atoms with Gasteiger partial charge in [-0.2, -0.15) is 0 Å². The van der Waals surface area contributed by atoms with Gasteiger partial charge in [-0.15, -0.1) is 0 Å². The summed E-state index contributed by atoms with van der Waals surface area (Å²) in [7, 11) is 0. The molecule has 4 atom stereocenters. The smallest absolute Gasteiger partial charge is 0.194 e. The van der Waals surface area contributed by atoms with E-state index < -0.39 is 23.8 Å². The lowest BCUT2D eigenvalue weighted by atomic mass is 9.89. The molecule has 20 heavy (non-hydrogen) atoms. The van der Waals surface area contributed by atoms with E-state index in [1.54, 1.807) is 0 Å². The first-order valence-electron chi connectivity index (χ1n) is 6.21. The molecule has 0 aliphatic carbocycles. The number of rotatable bonds is 2. The van der Waals surface area contributed by atoms with Crippen LogP contribution in [0.4, 0.5) is 5.82 Å². The van der Waals surface area contributed by atoms with Crippen LogP contribution in [0.15, 0.2) is 17.0 Å². The molecule has 0 saturated carbocycles. The number of hydrogen-bond donors (Lipinski definition) is 5. The van der Waals surface area contributed by atoms with Gasteiger partial charge in [-0.25, -0.2) is 9.97 Å². The fourth-order valence-corrected chi connectivity index (χ4v) is 2.70. The van der Waals surface area contributed by atoms with Gasteiger partial charge in [-0.1, -0.05) is 0 Å². The standard InChI is InChI=1S/C12H16N4O4/c1-12(19)9(16-6(2-17)10(12)18)5-3-20-8-7(5)14-4-15-11(8)13/h3-4,6,9-10,16-19H,2H2,1H3,(H2,13,14,15). The molecule has 1 aliphatic heterocycles. The number of aliphatic hydroxyl groups excluding tert-OH is 2. The van der Waals surface area contributed by atoms with Gasteiger partial charge in [0, 0.05) is 5.56 Å². The molecule has 6 N–H and O–H groups in total. The van der Waals surface area contributed by atoms with E-state index in [0.717, 1.165) is 0 Å². The van der Waals surface area contributed by atoms with Gasteiger partial charge >= 0.3 is 0 Å². The van der Waals surface area contributed by atoms with Crippen LogP contribution < -0.4 is 11.1 Å². The van der Waals surface area contributed by atoms with Crippen LogP contribution in [0, 0.1) is 0 Å². The Morgan fingerprint density at radius 3 is 2.90 bits per heavy atom. The van der Waals surface area contributed by atoms with Gasteiger partial charge in [0.15, 0.2) is 11.4 Å². The van der Waals surface area contributed by atoms with E-state index in [2.05, 4.69) is 15.3 Å². The number of aromatic nitrogens is 2. The summed E-state index contributed by atoms with van der Waals surface area (Å²) in [5.41, 5.74) is 5.60. The van der Waals surface area contributed by atoms with E-state index in [4.69, 9.17) is 10.2 Å². The van der Waals surface area contributed by atoms with Crippen LogP contribution in [0.25, 0.3) is 11.1 Å². The normalized spacial score (nSPS) is 33.9. The molecule has 108 valence electrons. The Labute approximate surface area is 114 Å². The minimum atomic E-state index is -1.47. The molecule has 0 spiro atoms. The number of anilines is 1. The molecule has 0 aromatic carbocycles. The second kappa shape index (κ2) is 4.38. The number of hydrogen-bond acceptors (Lipinski definition) is 8. The molecule has 1 fully saturated rings. The quantitative estimate of drug-likeness (QED) is 0.468. The number of fused-ring (bicyclic) bond motifs is 1. The monoisotopic (exact) mass is 280 g/mol. The molecule has 0 bridgehead atoms. The molecule has 1 saturated heterocycles. The highest BCUT2D eigenvalue weighted by Gasteiger charge is 2.51. The molecule has 4 unspecified atom stereocenters. The van der Waals surface area contributed by atoms with Gasteiger partial charge in [0.2, 0.25) is 0 Å². The van der Waals surface area contributed by atoms with Gasteiger partial charge in [0.1, 0.15) is 23.5 Å². The molecular formula is C12H16N4O4. The number of furan rings is 1. The molecule has 8 nitrogen and oxygen atoms in total. The van der Waals surface area contributed by atoms with Gasteiger partial charge in [0.25, 0.3) is 0 Å². The van der Waals surface area contributed by atoms with Crippen LogP contribution in [0.3, 0.4) is 0 Å². The summed E-state index contributed by atoms with van der Waals surface area (Å²) in [4.78, 5) is 7.94. The Kier molecular flexibility index (Phi) is 2.91. The fraction of sp³-hybridized carbons (Fsp3) is 0.500. The minimum absolute atomic E-state index is 0.207. The molecular weight excluding hydrogens is 264 g/mol. The van der Waals surface area contributed by atoms with E-state index in [0.29, 0.717) is 16.7 Å². The molecule has 3 rings (SSSR count). The van der Waals surface area contributed by atoms with Gasteiger partial charge in [-0.3, -0.25) is 5.32 Å². The van der Waals surface area contributed by atoms with Crippen LogP contribution in [0.1, 0.15) is 18.5 Å². The largest absolute Gasteiger partial charge is 0.458 e. The van der Waals surface area contributed by atoms with Crippen molar-refractivity contribution < 1.29 is 19.7 Å². The molecule has 2 aromatic heterocycles. The zero-order valence-corrected chi connectivity index (χ0v) is 10.8. The van der Waals surface area contributed by atoms with E-state index in [-0.39, 0.29) is 12.4 Å². The van der Waals surface area contributed by atoms with Gasteiger partial charge in [-0.05, 0) is 6.92 Å². The van der Waals surface area contributed by atoms with E-state index in [9.17, 15) is 15.3 Å². The van der Waals surface area contributed by atoms with Crippen molar-refractivity contribution in [2.75, 3.05) is 12.3 Å². The number of nitrogens with two attached hydrogens (primary N) is 1. The Morgan fingerprint density at radius 1 is 1.50 bits per heavy atom. The predicted octanol–water partition coefficient (Wildman–Crippen LogP) is -1.08. The first-order valence-corrected chi connectivity index (χ1v) is 6.21. The summed E-state index contributed by atoms with van der Waals surface area (Å²) >= 11 is 0. The van der Waals surface area contributed by atoms with Gasteiger partial charge in [0.05, 0.1) is 25.0 Å². The highest BCUT2D eigenvalue weighted by atomic mass is 16.4. The summed E-state index contributed by atoms with van der Waals surface area (Å²) < 4.78 is 5.34. The first kappa shape index (κ1) is 13.3. The average Bonchev–Trinajstić information content (AvgIpc) is 2.92. The summed E-state index contributed by atoms with van der Waals surface area (Å²) in [5, 5.41) is 32.8. The predicted molar refractivity (Wildman–Crippen MR) is 69.6 cm³/mol. The minimum Gasteiger partial charge on any atom is -0.458 e. The summed E-state index contributed by atoms with van der Waals surface area (Å²) in [6.45, 7) is 1.20. The molecule has 0 radical (unpaired) electrons. The second-order valence-corrected chi connectivity index (χ2v) is 5.19. The van der Waals surface area contributed by atoms with Crippen molar-refractivity contribution in [1.82, 2.24) is 15.3 Å². The van der Waals surface area contributed by atoms with Crippen LogP contribution in [-0.4, -0.2) is 49.6 Å². The lowest BCUT2D eigenvalue weighted by Gasteiger charge is -2.27. The Hall–Kier alpha value is -1.74. The lowest BCUT2D eigenvalue weighted by Crippen LogP contribution is -2.43. The summed E-state index contributed by atoms with van der Waals surface area (Å²) in [6.07, 6.45) is 1.62. The molecule has 3 heterocycles. The fourth-order valence-electron chi connectivity index (χ4n) is 2.70. The molecule has 1 aliphatic rings. The van der Waals surface area contributed by atoms with Crippen molar-refractivity contribution in [3.63, 3.8) is 0 Å². The maximum absolute atomic E-state index is 10.5. The number of nitrogen functional groups attached to an aromatic ring is 1. The highest BCUT2D eigenvalue weighted by Crippen LogP contribution is 2.39. The number of nitrogens with one attached hydrogen (secondary N) is 1. The van der Waals surface area contributed by atoms with E-state index in [1.165, 1.54) is 19.5 Å². The lowest BCUT2D eigenvalue weighted by molar-refractivity contribution is -0.0576. The maximum atomic E-state index is 10.5. The van der Waals surface area contributed by atoms with Crippen LogP contribution in [0.5, 0.6) is 0 Å². The third kappa shape index (κ3) is 1.70. The molecule has 0 amide bonds. The van der Waals surface area contributed by atoms with Crippen LogP contribution in [0.2, 0.25) is 0 Å². The molecule has 2 aromatic rings. The van der Waals surface area contributed by atoms with Gasteiger partial charge < -0.3 is 25.5 Å². The topological polar surface area (TPSA) is 138 Å². The van der Waals surface area contributed by atoms with Crippen molar-refractivity contribution >= 4 is 16.9 Å². The molecule has 8 heteroatoms. The summed E-state index contributed by atoms with van der Waals surface area (Å²) in [5.74, 6) is 0.207. The number of nitrogens with zero attached hydrogens (tertiary/aromatic N) is 2. The van der Waals surface area contributed by atoms with Crippen molar-refractivity contribution in [2.24, 2.45) is 0 Å². The Morgan fingerprint density at radius 2 is 2.25 bits per heavy atom.